The molecule has 0 bridgehead atoms. The van der Waals surface area contributed by atoms with Crippen LogP contribution in [0.4, 0.5) is 4.39 Å². The molecule has 23 heavy (non-hydrogen) atoms. The minimum absolute atomic E-state index is 0.264. The highest BCUT2D eigenvalue weighted by Gasteiger charge is 2.17. The lowest BCUT2D eigenvalue weighted by Gasteiger charge is -2.07. The van der Waals surface area contributed by atoms with Crippen molar-refractivity contribution in [1.29, 1.82) is 0 Å². The zero-order valence-corrected chi connectivity index (χ0v) is 13.4. The number of carbonyl (C=O) groups is 2. The summed E-state index contributed by atoms with van der Waals surface area (Å²) in [5.41, 5.74) is 1.08. The van der Waals surface area contributed by atoms with Crippen LogP contribution in [0.2, 0.25) is 0 Å². The van der Waals surface area contributed by atoms with Gasteiger partial charge in [0.05, 0.1) is 5.69 Å². The van der Waals surface area contributed by atoms with E-state index in [-0.39, 0.29) is 12.4 Å². The molecule has 122 valence electrons. The summed E-state index contributed by atoms with van der Waals surface area (Å²) in [4.78, 5) is 23.8. The maximum atomic E-state index is 13.4. The first-order chi connectivity index (χ1) is 11.1. The first-order valence-electron chi connectivity index (χ1n) is 7.10. The number of carbonyl (C=O) groups excluding carboxylic acids is 2. The van der Waals surface area contributed by atoms with E-state index in [4.69, 9.17) is 4.74 Å². The summed E-state index contributed by atoms with van der Waals surface area (Å²) in [5.74, 6) is -1.36. The molecule has 0 aliphatic carbocycles. The molecule has 2 aromatic rings. The van der Waals surface area contributed by atoms with Crippen molar-refractivity contribution in [2.24, 2.45) is 0 Å². The van der Waals surface area contributed by atoms with E-state index in [1.54, 1.807) is 18.2 Å². The van der Waals surface area contributed by atoms with Crippen molar-refractivity contribution in [2.75, 3.05) is 13.2 Å². The Morgan fingerprint density at radius 1 is 1.35 bits per heavy atom. The first-order valence-corrected chi connectivity index (χ1v) is 7.87. The summed E-state index contributed by atoms with van der Waals surface area (Å²) in [6, 6.07) is 6.37. The number of hydrogen-bond donors (Lipinski definition) is 1. The Balaban J connectivity index is 1.73. The van der Waals surface area contributed by atoms with Crippen molar-refractivity contribution in [3.8, 4) is 0 Å². The number of nitrogens with zero attached hydrogens (tertiary/aromatic N) is 2. The average Bonchev–Trinajstić information content (AvgIpc) is 3.03. The second-order valence-electron chi connectivity index (χ2n) is 4.67. The van der Waals surface area contributed by atoms with Crippen LogP contribution in [0.25, 0.3) is 0 Å². The number of rotatable bonds is 7. The molecular formula is C15H16FN3O3S. The van der Waals surface area contributed by atoms with Crippen molar-refractivity contribution < 1.29 is 18.7 Å². The van der Waals surface area contributed by atoms with Gasteiger partial charge in [-0.2, -0.15) is 0 Å². The van der Waals surface area contributed by atoms with Gasteiger partial charge in [-0.15, -0.1) is 5.10 Å². The van der Waals surface area contributed by atoms with E-state index in [0.29, 0.717) is 29.0 Å². The number of esters is 1. The van der Waals surface area contributed by atoms with Crippen LogP contribution in [0.3, 0.4) is 0 Å². The Morgan fingerprint density at radius 2 is 2.13 bits per heavy atom. The standard InChI is InChI=1S/C15H16FN3O3S/c1-2-12-14(23-19-18-12)15(21)22-9-13(20)17-8-7-10-5-3-4-6-11(10)16/h3-6H,2,7-9H2,1H3,(H,17,20). The van der Waals surface area contributed by atoms with Gasteiger partial charge in [0, 0.05) is 6.54 Å². The molecule has 0 saturated carbocycles. The molecule has 0 fully saturated rings. The quantitative estimate of drug-likeness (QED) is 0.779. The maximum absolute atomic E-state index is 13.4. The van der Waals surface area contributed by atoms with Gasteiger partial charge in [0.15, 0.2) is 11.5 Å². The third kappa shape index (κ3) is 4.82. The Kier molecular flexibility index (Phi) is 6.16. The SMILES string of the molecule is CCc1nnsc1C(=O)OCC(=O)NCCc1ccccc1F. The Labute approximate surface area is 136 Å². The van der Waals surface area contributed by atoms with E-state index in [2.05, 4.69) is 14.9 Å². The van der Waals surface area contributed by atoms with Crippen molar-refractivity contribution in [3.05, 3.63) is 46.2 Å². The highest BCUT2D eigenvalue weighted by atomic mass is 32.1. The molecule has 8 heteroatoms. The number of aromatic nitrogens is 2. The second-order valence-corrected chi connectivity index (χ2v) is 5.42. The topological polar surface area (TPSA) is 81.2 Å². The number of benzene rings is 1. The first kappa shape index (κ1) is 17.0. The van der Waals surface area contributed by atoms with Crippen molar-refractivity contribution >= 4 is 23.4 Å². The van der Waals surface area contributed by atoms with Crippen molar-refractivity contribution in [2.45, 2.75) is 19.8 Å². The van der Waals surface area contributed by atoms with E-state index in [0.717, 1.165) is 11.5 Å². The summed E-state index contributed by atoms with van der Waals surface area (Å²) in [6.07, 6.45) is 0.931. The third-order valence-corrected chi connectivity index (χ3v) is 3.83. The van der Waals surface area contributed by atoms with E-state index >= 15 is 0 Å². The smallest absolute Gasteiger partial charge is 0.352 e. The number of hydrogen-bond acceptors (Lipinski definition) is 6. The predicted molar refractivity (Wildman–Crippen MR) is 82.7 cm³/mol. The van der Waals surface area contributed by atoms with Crippen LogP contribution >= 0.6 is 11.5 Å². The van der Waals surface area contributed by atoms with Gasteiger partial charge in [-0.1, -0.05) is 29.6 Å². The average molecular weight is 337 g/mol. The molecule has 0 saturated heterocycles. The molecule has 0 radical (unpaired) electrons. The van der Waals surface area contributed by atoms with Crippen LogP contribution in [0, 0.1) is 5.82 Å². The molecule has 0 atom stereocenters. The Hall–Kier alpha value is -2.35. The molecule has 0 unspecified atom stereocenters. The fraction of sp³-hybridized carbons (Fsp3) is 0.333. The van der Waals surface area contributed by atoms with Gasteiger partial charge < -0.3 is 10.1 Å². The van der Waals surface area contributed by atoms with Crippen LogP contribution in [0.5, 0.6) is 0 Å². The highest BCUT2D eigenvalue weighted by Crippen LogP contribution is 2.12. The molecule has 1 amide bonds. The number of aryl methyl sites for hydroxylation is 1. The molecule has 6 nitrogen and oxygen atoms in total. The summed E-state index contributed by atoms with van der Waals surface area (Å²) in [5, 5.41) is 6.38. The van der Waals surface area contributed by atoms with Gasteiger partial charge in [0.1, 0.15) is 5.82 Å². The highest BCUT2D eigenvalue weighted by molar-refractivity contribution is 7.07. The van der Waals surface area contributed by atoms with Crippen LogP contribution in [-0.4, -0.2) is 34.6 Å². The van der Waals surface area contributed by atoms with E-state index in [9.17, 15) is 14.0 Å². The lowest BCUT2D eigenvalue weighted by atomic mass is 10.1. The molecular weight excluding hydrogens is 321 g/mol. The fourth-order valence-electron chi connectivity index (χ4n) is 1.88. The lowest BCUT2D eigenvalue weighted by Crippen LogP contribution is -2.30. The number of ether oxygens (including phenoxy) is 1. The normalized spacial score (nSPS) is 10.3. The Bertz CT molecular complexity index is 690. The molecule has 0 spiro atoms. The zero-order valence-electron chi connectivity index (χ0n) is 12.5. The van der Waals surface area contributed by atoms with Gasteiger partial charge in [-0.05, 0) is 36.0 Å². The lowest BCUT2D eigenvalue weighted by molar-refractivity contribution is -0.124. The van der Waals surface area contributed by atoms with E-state index in [1.807, 2.05) is 6.92 Å². The molecule has 0 aliphatic rings. The van der Waals surface area contributed by atoms with Crippen LogP contribution in [-0.2, 0) is 22.4 Å². The van der Waals surface area contributed by atoms with Gasteiger partial charge in [0.2, 0.25) is 0 Å². The number of amides is 1. The minimum Gasteiger partial charge on any atom is -0.451 e. The fourth-order valence-corrected chi connectivity index (χ4v) is 2.53. The van der Waals surface area contributed by atoms with E-state index in [1.165, 1.54) is 6.07 Å². The molecule has 1 aromatic heterocycles. The minimum atomic E-state index is -0.610. The zero-order chi connectivity index (χ0) is 16.7. The largest absolute Gasteiger partial charge is 0.451 e. The predicted octanol–water partition coefficient (Wildman–Crippen LogP) is 1.76. The van der Waals surface area contributed by atoms with Gasteiger partial charge >= 0.3 is 5.97 Å². The van der Waals surface area contributed by atoms with Crippen LogP contribution in [0.1, 0.15) is 27.9 Å². The molecule has 1 aromatic carbocycles. The molecule has 1 heterocycles. The van der Waals surface area contributed by atoms with Gasteiger partial charge in [-0.3, -0.25) is 4.79 Å². The molecule has 2 rings (SSSR count). The maximum Gasteiger partial charge on any atom is 0.352 e. The summed E-state index contributed by atoms with van der Waals surface area (Å²) in [6.45, 7) is 1.72. The Morgan fingerprint density at radius 3 is 2.87 bits per heavy atom. The van der Waals surface area contributed by atoms with Crippen LogP contribution < -0.4 is 5.32 Å². The monoisotopic (exact) mass is 337 g/mol. The summed E-state index contributed by atoms with van der Waals surface area (Å²) in [7, 11) is 0. The van der Waals surface area contributed by atoms with E-state index < -0.39 is 18.5 Å². The molecule has 1 N–H and O–H groups in total. The molecule has 0 aliphatic heterocycles. The second kappa shape index (κ2) is 8.33. The van der Waals surface area contributed by atoms with Crippen molar-refractivity contribution in [1.82, 2.24) is 14.9 Å². The third-order valence-electron chi connectivity index (χ3n) is 3.08. The van der Waals surface area contributed by atoms with Gasteiger partial charge in [0.25, 0.3) is 5.91 Å². The number of nitrogens with one attached hydrogen (secondary N) is 1. The summed E-state index contributed by atoms with van der Waals surface area (Å²) < 4.78 is 22.0. The van der Waals surface area contributed by atoms with Crippen molar-refractivity contribution in [3.63, 3.8) is 0 Å². The van der Waals surface area contributed by atoms with Gasteiger partial charge in [-0.25, -0.2) is 9.18 Å². The van der Waals surface area contributed by atoms with Crippen LogP contribution in [0.15, 0.2) is 24.3 Å². The number of halogens is 1. The summed E-state index contributed by atoms with van der Waals surface area (Å²) >= 11 is 0.942.